The van der Waals surface area contributed by atoms with E-state index in [-0.39, 0.29) is 5.75 Å². The number of phenols is 1. The summed E-state index contributed by atoms with van der Waals surface area (Å²) in [6.07, 6.45) is 7.48. The van der Waals surface area contributed by atoms with E-state index in [4.69, 9.17) is 11.6 Å². The van der Waals surface area contributed by atoms with Gasteiger partial charge >= 0.3 is 0 Å². The van der Waals surface area contributed by atoms with Gasteiger partial charge in [-0.3, -0.25) is 4.99 Å². The number of benzene rings is 1. The standard InChI is InChI=1S/C16H16ClN3O/c1-11-9-20(10-19-11)14-5-4-12(8-15(14)21)7-13-3-2-6-18-16(13)17/h4-5,7-10,21H,2-3,6H2,1H3/b13-7+. The first kappa shape index (κ1) is 13.9. The number of imidazole rings is 1. The Kier molecular flexibility index (Phi) is 3.80. The fraction of sp³-hybridized carbons (Fsp3) is 0.250. The number of rotatable bonds is 2. The smallest absolute Gasteiger partial charge is 0.140 e. The van der Waals surface area contributed by atoms with Gasteiger partial charge in [0.25, 0.3) is 0 Å². The predicted octanol–water partition coefficient (Wildman–Crippen LogP) is 3.70. The minimum atomic E-state index is 0.214. The molecule has 4 nitrogen and oxygen atoms in total. The van der Waals surface area contributed by atoms with Crippen LogP contribution in [-0.4, -0.2) is 26.4 Å². The third-order valence-electron chi connectivity index (χ3n) is 3.45. The van der Waals surface area contributed by atoms with Crippen molar-refractivity contribution in [3.8, 4) is 11.4 Å². The van der Waals surface area contributed by atoms with Crippen molar-refractivity contribution < 1.29 is 5.11 Å². The first-order valence-electron chi connectivity index (χ1n) is 6.88. The molecule has 108 valence electrons. The summed E-state index contributed by atoms with van der Waals surface area (Å²) in [5.74, 6) is 0.214. The third kappa shape index (κ3) is 3.00. The number of nitrogens with zero attached hydrogens (tertiary/aromatic N) is 3. The summed E-state index contributed by atoms with van der Waals surface area (Å²) in [6.45, 7) is 2.71. The van der Waals surface area contributed by atoms with Crippen LogP contribution in [0.4, 0.5) is 0 Å². The molecule has 0 unspecified atom stereocenters. The molecule has 0 spiro atoms. The van der Waals surface area contributed by atoms with Crippen LogP contribution in [0, 0.1) is 6.92 Å². The first-order valence-corrected chi connectivity index (χ1v) is 7.26. The van der Waals surface area contributed by atoms with Crippen LogP contribution in [-0.2, 0) is 0 Å². The molecule has 1 aliphatic heterocycles. The topological polar surface area (TPSA) is 50.4 Å². The van der Waals surface area contributed by atoms with Gasteiger partial charge in [-0.05, 0) is 49.1 Å². The van der Waals surface area contributed by atoms with Crippen LogP contribution in [0.15, 0.2) is 41.3 Å². The Balaban J connectivity index is 1.93. The fourth-order valence-corrected chi connectivity index (χ4v) is 2.62. The molecule has 0 bridgehead atoms. The number of halogens is 1. The van der Waals surface area contributed by atoms with Gasteiger partial charge in [-0.2, -0.15) is 0 Å². The Morgan fingerprint density at radius 3 is 2.90 bits per heavy atom. The van der Waals surface area contributed by atoms with E-state index in [1.807, 2.05) is 31.3 Å². The van der Waals surface area contributed by atoms with Crippen molar-refractivity contribution in [3.05, 3.63) is 47.6 Å². The highest BCUT2D eigenvalue weighted by molar-refractivity contribution is 6.70. The van der Waals surface area contributed by atoms with Crippen LogP contribution in [0.25, 0.3) is 11.8 Å². The molecular formula is C16H16ClN3O. The molecule has 0 amide bonds. The lowest BCUT2D eigenvalue weighted by atomic mass is 10.0. The number of phenolic OH excluding ortho intramolecular Hbond substituents is 1. The molecule has 0 atom stereocenters. The number of hydrogen-bond donors (Lipinski definition) is 1. The Morgan fingerprint density at radius 2 is 2.24 bits per heavy atom. The zero-order valence-electron chi connectivity index (χ0n) is 11.8. The zero-order valence-corrected chi connectivity index (χ0v) is 12.5. The molecule has 5 heteroatoms. The maximum atomic E-state index is 10.2. The molecule has 2 heterocycles. The minimum Gasteiger partial charge on any atom is -0.506 e. The van der Waals surface area contributed by atoms with E-state index in [0.717, 1.165) is 36.2 Å². The van der Waals surface area contributed by atoms with E-state index in [9.17, 15) is 5.11 Å². The van der Waals surface area contributed by atoms with E-state index >= 15 is 0 Å². The maximum absolute atomic E-state index is 10.2. The van der Waals surface area contributed by atoms with Gasteiger partial charge < -0.3 is 9.67 Å². The molecule has 1 aliphatic rings. The third-order valence-corrected chi connectivity index (χ3v) is 3.81. The molecule has 2 aromatic rings. The molecule has 21 heavy (non-hydrogen) atoms. The first-order chi connectivity index (χ1) is 10.1. The number of aryl methyl sites for hydroxylation is 1. The summed E-state index contributed by atoms with van der Waals surface area (Å²) in [7, 11) is 0. The summed E-state index contributed by atoms with van der Waals surface area (Å²) in [5, 5.41) is 10.8. The molecule has 0 saturated carbocycles. The number of aromatic nitrogens is 2. The molecule has 0 saturated heterocycles. The average Bonchev–Trinajstić information content (AvgIpc) is 2.88. The molecule has 1 N–H and O–H groups in total. The van der Waals surface area contributed by atoms with Crippen LogP contribution in [0.5, 0.6) is 5.75 Å². The SMILES string of the molecule is Cc1cn(-c2ccc(/C=C3\CCCN=C3Cl)cc2O)cn1. The second kappa shape index (κ2) is 5.74. The van der Waals surface area contributed by atoms with Gasteiger partial charge in [0.1, 0.15) is 10.9 Å². The van der Waals surface area contributed by atoms with Gasteiger partial charge in [-0.25, -0.2) is 4.98 Å². The van der Waals surface area contributed by atoms with E-state index in [1.54, 1.807) is 17.0 Å². The van der Waals surface area contributed by atoms with Crippen molar-refractivity contribution in [1.82, 2.24) is 9.55 Å². The molecule has 3 rings (SSSR count). The lowest BCUT2D eigenvalue weighted by Gasteiger charge is -2.11. The Labute approximate surface area is 128 Å². The van der Waals surface area contributed by atoms with Gasteiger partial charge in [0.05, 0.1) is 17.7 Å². The van der Waals surface area contributed by atoms with Crippen molar-refractivity contribution in [2.45, 2.75) is 19.8 Å². The van der Waals surface area contributed by atoms with E-state index in [1.165, 1.54) is 0 Å². The normalized spacial score (nSPS) is 17.0. The summed E-state index contributed by atoms with van der Waals surface area (Å²) in [6, 6.07) is 5.56. The molecule has 0 radical (unpaired) electrons. The van der Waals surface area contributed by atoms with Crippen LogP contribution < -0.4 is 0 Å². The highest BCUT2D eigenvalue weighted by Crippen LogP contribution is 2.26. The largest absolute Gasteiger partial charge is 0.506 e. The zero-order chi connectivity index (χ0) is 14.8. The van der Waals surface area contributed by atoms with Gasteiger partial charge in [0.2, 0.25) is 0 Å². The van der Waals surface area contributed by atoms with Crippen molar-refractivity contribution >= 4 is 22.8 Å². The van der Waals surface area contributed by atoms with Crippen LogP contribution in [0.3, 0.4) is 0 Å². The van der Waals surface area contributed by atoms with Crippen LogP contribution in [0.2, 0.25) is 0 Å². The van der Waals surface area contributed by atoms with Crippen molar-refractivity contribution in [3.63, 3.8) is 0 Å². The molecule has 0 fully saturated rings. The number of allylic oxidation sites excluding steroid dienone is 1. The van der Waals surface area contributed by atoms with E-state index < -0.39 is 0 Å². The van der Waals surface area contributed by atoms with E-state index in [0.29, 0.717) is 10.9 Å². The van der Waals surface area contributed by atoms with Gasteiger partial charge in [0.15, 0.2) is 0 Å². The lowest BCUT2D eigenvalue weighted by Crippen LogP contribution is -2.03. The summed E-state index contributed by atoms with van der Waals surface area (Å²) in [5.41, 5.74) is 3.55. The van der Waals surface area contributed by atoms with Gasteiger partial charge in [-0.1, -0.05) is 17.7 Å². The van der Waals surface area contributed by atoms with Crippen molar-refractivity contribution in [1.29, 1.82) is 0 Å². The maximum Gasteiger partial charge on any atom is 0.140 e. The monoisotopic (exact) mass is 301 g/mol. The molecule has 1 aromatic heterocycles. The van der Waals surface area contributed by atoms with Crippen molar-refractivity contribution in [2.24, 2.45) is 4.99 Å². The number of aromatic hydroxyl groups is 1. The Morgan fingerprint density at radius 1 is 1.38 bits per heavy atom. The molecule has 1 aromatic carbocycles. The second-order valence-electron chi connectivity index (χ2n) is 5.12. The highest BCUT2D eigenvalue weighted by Gasteiger charge is 2.10. The lowest BCUT2D eigenvalue weighted by molar-refractivity contribution is 0.472. The second-order valence-corrected chi connectivity index (χ2v) is 5.47. The Hall–Kier alpha value is -2.07. The fourth-order valence-electron chi connectivity index (χ4n) is 2.39. The van der Waals surface area contributed by atoms with Crippen LogP contribution in [0.1, 0.15) is 24.1 Å². The quantitative estimate of drug-likeness (QED) is 0.919. The van der Waals surface area contributed by atoms with Crippen molar-refractivity contribution in [2.75, 3.05) is 6.54 Å². The Bertz CT molecular complexity index is 731. The molecule has 0 aliphatic carbocycles. The number of hydrogen-bond acceptors (Lipinski definition) is 3. The molecular weight excluding hydrogens is 286 g/mol. The summed E-state index contributed by atoms with van der Waals surface area (Å²) in [4.78, 5) is 8.40. The van der Waals surface area contributed by atoms with E-state index in [2.05, 4.69) is 9.98 Å². The van der Waals surface area contributed by atoms with Gasteiger partial charge in [0, 0.05) is 12.7 Å². The highest BCUT2D eigenvalue weighted by atomic mass is 35.5. The summed E-state index contributed by atoms with van der Waals surface area (Å²) < 4.78 is 1.80. The van der Waals surface area contributed by atoms with Crippen LogP contribution >= 0.6 is 11.6 Å². The average molecular weight is 302 g/mol. The summed E-state index contributed by atoms with van der Waals surface area (Å²) >= 11 is 6.11. The minimum absolute atomic E-state index is 0.214. The predicted molar refractivity (Wildman–Crippen MR) is 85.3 cm³/mol. The number of aliphatic imine (C=N–C) groups is 1. The van der Waals surface area contributed by atoms with Gasteiger partial charge in [-0.15, -0.1) is 0 Å².